The number of halogens is 3. The SMILES string of the molecule is O=CN1CC2(CC(Cc3cccc(C(F)(F)F)c3)C2)C1. The van der Waals surface area contributed by atoms with Crippen LogP contribution in [0.3, 0.4) is 0 Å². The number of alkyl halides is 3. The van der Waals surface area contributed by atoms with Crippen molar-refractivity contribution in [2.45, 2.75) is 25.4 Å². The van der Waals surface area contributed by atoms with Crippen molar-refractivity contribution < 1.29 is 18.0 Å². The molecule has 1 heterocycles. The van der Waals surface area contributed by atoms with E-state index in [9.17, 15) is 18.0 Å². The standard InChI is InChI=1S/C15H16F3NO/c16-15(17,18)13-3-1-2-11(5-13)4-12-6-14(7-12)8-19(9-14)10-20/h1-3,5,10,12H,4,6-9H2. The Bertz CT molecular complexity index is 512. The molecule has 0 aromatic heterocycles. The highest BCUT2D eigenvalue weighted by molar-refractivity contribution is 5.49. The van der Waals surface area contributed by atoms with Gasteiger partial charge in [-0.3, -0.25) is 4.79 Å². The van der Waals surface area contributed by atoms with Crippen molar-refractivity contribution in [3.8, 4) is 0 Å². The van der Waals surface area contributed by atoms with E-state index in [2.05, 4.69) is 0 Å². The van der Waals surface area contributed by atoms with Gasteiger partial charge in [0.05, 0.1) is 5.56 Å². The van der Waals surface area contributed by atoms with Crippen LogP contribution in [0.1, 0.15) is 24.0 Å². The molecular formula is C15H16F3NO. The molecular weight excluding hydrogens is 267 g/mol. The normalized spacial score (nSPS) is 21.4. The first-order valence-electron chi connectivity index (χ1n) is 6.76. The Morgan fingerprint density at radius 1 is 1.30 bits per heavy atom. The molecule has 2 fully saturated rings. The van der Waals surface area contributed by atoms with Crippen LogP contribution in [0.5, 0.6) is 0 Å². The van der Waals surface area contributed by atoms with Crippen LogP contribution in [-0.4, -0.2) is 24.4 Å². The van der Waals surface area contributed by atoms with Crippen LogP contribution in [0.2, 0.25) is 0 Å². The number of nitrogens with zero attached hydrogens (tertiary/aromatic N) is 1. The largest absolute Gasteiger partial charge is 0.416 e. The van der Waals surface area contributed by atoms with Crippen molar-refractivity contribution in [1.29, 1.82) is 0 Å². The lowest BCUT2D eigenvalue weighted by Gasteiger charge is -2.58. The van der Waals surface area contributed by atoms with Gasteiger partial charge in [-0.25, -0.2) is 0 Å². The van der Waals surface area contributed by atoms with Crippen molar-refractivity contribution in [1.82, 2.24) is 4.90 Å². The highest BCUT2D eigenvalue weighted by Gasteiger charge is 2.51. The summed E-state index contributed by atoms with van der Waals surface area (Å²) < 4.78 is 37.9. The highest BCUT2D eigenvalue weighted by Crippen LogP contribution is 2.52. The van der Waals surface area contributed by atoms with E-state index in [1.165, 1.54) is 12.1 Å². The summed E-state index contributed by atoms with van der Waals surface area (Å²) in [6.07, 6.45) is -0.658. The minimum absolute atomic E-state index is 0.271. The van der Waals surface area contributed by atoms with E-state index in [4.69, 9.17) is 0 Å². The molecule has 1 aromatic carbocycles. The highest BCUT2D eigenvalue weighted by atomic mass is 19.4. The van der Waals surface area contributed by atoms with Gasteiger partial charge in [-0.2, -0.15) is 13.2 Å². The van der Waals surface area contributed by atoms with Crippen LogP contribution in [0.4, 0.5) is 13.2 Å². The van der Waals surface area contributed by atoms with E-state index in [1.807, 2.05) is 0 Å². The van der Waals surface area contributed by atoms with Crippen LogP contribution in [-0.2, 0) is 17.4 Å². The number of likely N-dealkylation sites (tertiary alicyclic amines) is 1. The Kier molecular flexibility index (Phi) is 3.03. The van der Waals surface area contributed by atoms with Gasteiger partial charge in [0, 0.05) is 18.5 Å². The van der Waals surface area contributed by atoms with Gasteiger partial charge in [0.15, 0.2) is 0 Å². The molecule has 1 saturated heterocycles. The Morgan fingerprint density at radius 2 is 2.00 bits per heavy atom. The number of amides is 1. The summed E-state index contributed by atoms with van der Waals surface area (Å²) in [5, 5.41) is 0. The molecule has 1 aliphatic heterocycles. The van der Waals surface area contributed by atoms with Crippen molar-refractivity contribution in [2.24, 2.45) is 11.3 Å². The van der Waals surface area contributed by atoms with Crippen LogP contribution >= 0.6 is 0 Å². The Labute approximate surface area is 115 Å². The molecule has 3 rings (SSSR count). The van der Waals surface area contributed by atoms with Gasteiger partial charge >= 0.3 is 6.18 Å². The van der Waals surface area contributed by atoms with Crippen LogP contribution < -0.4 is 0 Å². The van der Waals surface area contributed by atoms with Gasteiger partial charge in [0.1, 0.15) is 0 Å². The van der Waals surface area contributed by atoms with E-state index in [-0.39, 0.29) is 5.41 Å². The molecule has 108 valence electrons. The molecule has 0 atom stereocenters. The zero-order valence-electron chi connectivity index (χ0n) is 11.0. The maximum absolute atomic E-state index is 12.6. The zero-order chi connectivity index (χ0) is 14.4. The third kappa shape index (κ3) is 2.41. The zero-order valence-corrected chi connectivity index (χ0v) is 11.0. The summed E-state index contributed by atoms with van der Waals surface area (Å²) in [7, 11) is 0. The van der Waals surface area contributed by atoms with Crippen LogP contribution in [0.15, 0.2) is 24.3 Å². The molecule has 0 unspecified atom stereocenters. The maximum atomic E-state index is 12.6. The van der Waals surface area contributed by atoms with E-state index < -0.39 is 11.7 Å². The van der Waals surface area contributed by atoms with Gasteiger partial charge in [-0.1, -0.05) is 18.2 Å². The smallest absolute Gasteiger partial charge is 0.344 e. The van der Waals surface area contributed by atoms with Crippen molar-refractivity contribution >= 4 is 6.41 Å². The molecule has 5 heteroatoms. The van der Waals surface area contributed by atoms with Crippen molar-refractivity contribution in [3.63, 3.8) is 0 Å². The summed E-state index contributed by atoms with van der Waals surface area (Å²) in [5.41, 5.74) is 0.457. The Morgan fingerprint density at radius 3 is 2.60 bits per heavy atom. The molecule has 1 aromatic rings. The summed E-state index contributed by atoms with van der Waals surface area (Å²) >= 11 is 0. The minimum Gasteiger partial charge on any atom is -0.344 e. The predicted molar refractivity (Wildman–Crippen MR) is 67.9 cm³/mol. The lowest BCUT2D eigenvalue weighted by Crippen LogP contribution is -2.61. The second-order valence-electron chi connectivity index (χ2n) is 6.19. The lowest BCUT2D eigenvalue weighted by atomic mass is 9.56. The van der Waals surface area contributed by atoms with E-state index in [0.29, 0.717) is 12.3 Å². The molecule has 1 saturated carbocycles. The van der Waals surface area contributed by atoms with Gasteiger partial charge in [-0.05, 0) is 36.8 Å². The van der Waals surface area contributed by atoms with Crippen molar-refractivity contribution in [2.75, 3.05) is 13.1 Å². The number of carbonyl (C=O) groups is 1. The third-order valence-corrected chi connectivity index (χ3v) is 4.45. The number of hydrogen-bond donors (Lipinski definition) is 0. The van der Waals surface area contributed by atoms with E-state index in [1.54, 1.807) is 11.0 Å². The molecule has 1 amide bonds. The molecule has 1 aliphatic carbocycles. The second-order valence-corrected chi connectivity index (χ2v) is 6.19. The monoisotopic (exact) mass is 283 g/mol. The molecule has 20 heavy (non-hydrogen) atoms. The summed E-state index contributed by atoms with van der Waals surface area (Å²) in [6.45, 7) is 1.63. The maximum Gasteiger partial charge on any atom is 0.416 e. The summed E-state index contributed by atoms with van der Waals surface area (Å²) in [5.74, 6) is 0.451. The number of hydrogen-bond acceptors (Lipinski definition) is 1. The number of benzene rings is 1. The Balaban J connectivity index is 1.57. The first-order valence-corrected chi connectivity index (χ1v) is 6.76. The molecule has 2 nitrogen and oxygen atoms in total. The summed E-state index contributed by atoms with van der Waals surface area (Å²) in [6, 6.07) is 5.60. The molecule has 0 radical (unpaired) electrons. The number of carbonyl (C=O) groups excluding carboxylic acids is 1. The fourth-order valence-electron chi connectivity index (χ4n) is 3.67. The van der Waals surface area contributed by atoms with Gasteiger partial charge in [0.25, 0.3) is 0 Å². The topological polar surface area (TPSA) is 20.3 Å². The molecule has 0 bridgehead atoms. The Hall–Kier alpha value is -1.52. The van der Waals surface area contributed by atoms with Crippen LogP contribution in [0, 0.1) is 11.3 Å². The quantitative estimate of drug-likeness (QED) is 0.781. The van der Waals surface area contributed by atoms with Gasteiger partial charge < -0.3 is 4.90 Å². The third-order valence-electron chi connectivity index (χ3n) is 4.45. The molecule has 2 aliphatic rings. The average molecular weight is 283 g/mol. The fourth-order valence-corrected chi connectivity index (χ4v) is 3.67. The fraction of sp³-hybridized carbons (Fsp3) is 0.533. The first-order chi connectivity index (χ1) is 9.40. The molecule has 0 N–H and O–H groups in total. The van der Waals surface area contributed by atoms with Gasteiger partial charge in [0.2, 0.25) is 6.41 Å². The summed E-state index contributed by atoms with van der Waals surface area (Å²) in [4.78, 5) is 12.3. The lowest BCUT2D eigenvalue weighted by molar-refractivity contribution is -0.141. The second kappa shape index (κ2) is 4.50. The minimum atomic E-state index is -4.27. The van der Waals surface area contributed by atoms with E-state index >= 15 is 0 Å². The van der Waals surface area contributed by atoms with E-state index in [0.717, 1.165) is 44.0 Å². The van der Waals surface area contributed by atoms with Crippen LogP contribution in [0.25, 0.3) is 0 Å². The van der Waals surface area contributed by atoms with Crippen molar-refractivity contribution in [3.05, 3.63) is 35.4 Å². The first kappa shape index (κ1) is 13.5. The van der Waals surface area contributed by atoms with Gasteiger partial charge in [-0.15, -0.1) is 0 Å². The average Bonchev–Trinajstić information content (AvgIpc) is 2.30. The predicted octanol–water partition coefficient (Wildman–Crippen LogP) is 3.12. The number of rotatable bonds is 3. The molecule has 1 spiro atoms.